The fourth-order valence-electron chi connectivity index (χ4n) is 3.09. The Hall–Kier alpha value is -1.11. The fourth-order valence-corrected chi connectivity index (χ4v) is 5.25. The maximum Gasteiger partial charge on any atom is 0.244 e. The van der Waals surface area contributed by atoms with Gasteiger partial charge in [0.25, 0.3) is 0 Å². The van der Waals surface area contributed by atoms with Crippen LogP contribution >= 0.6 is 23.2 Å². The molecule has 1 fully saturated rings. The number of benzene rings is 2. The van der Waals surface area contributed by atoms with Crippen molar-refractivity contribution >= 4 is 33.2 Å². The van der Waals surface area contributed by atoms with Crippen LogP contribution < -0.4 is 0 Å². The third-order valence-electron chi connectivity index (χ3n) is 4.61. The predicted octanol–water partition coefficient (Wildman–Crippen LogP) is 4.06. The van der Waals surface area contributed by atoms with Crippen molar-refractivity contribution in [1.29, 1.82) is 0 Å². The van der Waals surface area contributed by atoms with E-state index in [1.54, 1.807) is 6.07 Å². The lowest BCUT2D eigenvalue weighted by atomic mass is 10.1. The third kappa shape index (κ3) is 4.01. The van der Waals surface area contributed by atoms with Crippen LogP contribution in [0.4, 0.5) is 0 Å². The second-order valence-corrected chi connectivity index (χ2v) is 8.85. The molecular formula is C18H20Cl2N2O2S. The molecule has 3 rings (SSSR count). The Kier molecular flexibility index (Phi) is 5.71. The molecule has 0 bridgehead atoms. The Labute approximate surface area is 159 Å². The van der Waals surface area contributed by atoms with Crippen LogP contribution in [0.3, 0.4) is 0 Å². The average molecular weight is 399 g/mol. The summed E-state index contributed by atoms with van der Waals surface area (Å²) in [5.74, 6) is 0. The molecule has 25 heavy (non-hydrogen) atoms. The molecule has 0 aromatic heterocycles. The van der Waals surface area contributed by atoms with Gasteiger partial charge in [-0.2, -0.15) is 4.31 Å². The molecule has 0 spiro atoms. The number of hydrogen-bond acceptors (Lipinski definition) is 3. The summed E-state index contributed by atoms with van der Waals surface area (Å²) in [5, 5.41) is 0.559. The van der Waals surface area contributed by atoms with Crippen LogP contribution in [0.2, 0.25) is 10.0 Å². The van der Waals surface area contributed by atoms with Gasteiger partial charge in [-0.15, -0.1) is 0 Å². The standard InChI is InChI=1S/C18H20Cl2N2O2S/c1-14(15-5-3-2-4-6-15)21-9-11-22(12-10-21)25(23,24)18-13-16(19)7-8-17(18)20/h2-8,13-14H,9-12H2,1H3. The van der Waals surface area contributed by atoms with Crippen molar-refractivity contribution in [3.05, 3.63) is 64.1 Å². The fraction of sp³-hybridized carbons (Fsp3) is 0.333. The van der Waals surface area contributed by atoms with Gasteiger partial charge in [-0.05, 0) is 30.7 Å². The first kappa shape index (κ1) is 18.7. The zero-order valence-electron chi connectivity index (χ0n) is 13.9. The second kappa shape index (κ2) is 7.64. The van der Waals surface area contributed by atoms with Gasteiger partial charge in [0.05, 0.1) is 5.02 Å². The van der Waals surface area contributed by atoms with Crippen molar-refractivity contribution < 1.29 is 8.42 Å². The van der Waals surface area contributed by atoms with Crippen molar-refractivity contribution in [3.63, 3.8) is 0 Å². The number of rotatable bonds is 4. The van der Waals surface area contributed by atoms with E-state index in [9.17, 15) is 8.42 Å². The summed E-state index contributed by atoms with van der Waals surface area (Å²) < 4.78 is 27.2. The largest absolute Gasteiger partial charge is 0.294 e. The number of hydrogen-bond donors (Lipinski definition) is 0. The van der Waals surface area contributed by atoms with Crippen LogP contribution in [0.15, 0.2) is 53.4 Å². The summed E-state index contributed by atoms with van der Waals surface area (Å²) in [5.41, 5.74) is 1.23. The summed E-state index contributed by atoms with van der Waals surface area (Å²) in [6.07, 6.45) is 0. The van der Waals surface area contributed by atoms with Crippen molar-refractivity contribution in [2.75, 3.05) is 26.2 Å². The van der Waals surface area contributed by atoms with Gasteiger partial charge in [0.1, 0.15) is 4.90 Å². The first-order chi connectivity index (χ1) is 11.9. The van der Waals surface area contributed by atoms with E-state index in [0.29, 0.717) is 31.2 Å². The number of halogens is 2. The summed E-state index contributed by atoms with van der Waals surface area (Å²) >= 11 is 12.0. The lowest BCUT2D eigenvalue weighted by Gasteiger charge is -2.37. The Morgan fingerprint density at radius 1 is 0.960 bits per heavy atom. The topological polar surface area (TPSA) is 40.6 Å². The molecule has 1 atom stereocenters. The molecule has 1 aliphatic rings. The highest BCUT2D eigenvalue weighted by Gasteiger charge is 2.31. The van der Waals surface area contributed by atoms with Gasteiger partial charge in [-0.1, -0.05) is 53.5 Å². The lowest BCUT2D eigenvalue weighted by Crippen LogP contribution is -2.49. The van der Waals surface area contributed by atoms with E-state index in [1.807, 2.05) is 18.2 Å². The molecule has 0 N–H and O–H groups in total. The molecule has 1 saturated heterocycles. The highest BCUT2D eigenvalue weighted by atomic mass is 35.5. The zero-order chi connectivity index (χ0) is 18.0. The van der Waals surface area contributed by atoms with Gasteiger partial charge < -0.3 is 0 Å². The molecule has 1 unspecified atom stereocenters. The molecule has 1 aliphatic heterocycles. The van der Waals surface area contributed by atoms with Crippen LogP contribution in [-0.4, -0.2) is 43.8 Å². The highest BCUT2D eigenvalue weighted by molar-refractivity contribution is 7.89. The van der Waals surface area contributed by atoms with E-state index in [-0.39, 0.29) is 16.0 Å². The first-order valence-corrected chi connectivity index (χ1v) is 10.3. The van der Waals surface area contributed by atoms with Crippen molar-refractivity contribution in [3.8, 4) is 0 Å². The van der Waals surface area contributed by atoms with Crippen LogP contribution in [-0.2, 0) is 10.0 Å². The maximum atomic E-state index is 12.9. The normalized spacial score (nSPS) is 18.2. The Balaban J connectivity index is 1.72. The molecule has 2 aromatic rings. The van der Waals surface area contributed by atoms with Gasteiger partial charge >= 0.3 is 0 Å². The van der Waals surface area contributed by atoms with E-state index >= 15 is 0 Å². The smallest absolute Gasteiger partial charge is 0.244 e. The van der Waals surface area contributed by atoms with E-state index in [0.717, 1.165) is 0 Å². The van der Waals surface area contributed by atoms with Crippen molar-refractivity contribution in [1.82, 2.24) is 9.21 Å². The molecule has 1 heterocycles. The number of piperazine rings is 1. The molecule has 0 radical (unpaired) electrons. The van der Waals surface area contributed by atoms with E-state index in [4.69, 9.17) is 23.2 Å². The Morgan fingerprint density at radius 2 is 1.60 bits per heavy atom. The van der Waals surface area contributed by atoms with Gasteiger partial charge in [0.2, 0.25) is 10.0 Å². The number of nitrogens with zero attached hydrogens (tertiary/aromatic N) is 2. The average Bonchev–Trinajstić information content (AvgIpc) is 2.64. The minimum absolute atomic E-state index is 0.0752. The van der Waals surface area contributed by atoms with Crippen LogP contribution in [0.25, 0.3) is 0 Å². The minimum atomic E-state index is -3.64. The van der Waals surface area contributed by atoms with Crippen molar-refractivity contribution in [2.24, 2.45) is 0 Å². The second-order valence-electron chi connectivity index (χ2n) is 6.10. The molecule has 134 valence electrons. The summed E-state index contributed by atoms with van der Waals surface area (Å²) in [4.78, 5) is 2.37. The molecule has 0 amide bonds. The SMILES string of the molecule is CC(c1ccccc1)N1CCN(S(=O)(=O)c2cc(Cl)ccc2Cl)CC1. The van der Waals surface area contributed by atoms with E-state index < -0.39 is 10.0 Å². The van der Waals surface area contributed by atoms with E-state index in [2.05, 4.69) is 24.0 Å². The molecule has 0 saturated carbocycles. The molecule has 4 nitrogen and oxygen atoms in total. The summed E-state index contributed by atoms with van der Waals surface area (Å²) in [6, 6.07) is 15.0. The molecule has 7 heteroatoms. The van der Waals surface area contributed by atoms with E-state index in [1.165, 1.54) is 22.0 Å². The summed E-state index contributed by atoms with van der Waals surface area (Å²) in [7, 11) is -3.64. The van der Waals surface area contributed by atoms with Gasteiger partial charge in [0, 0.05) is 37.2 Å². The summed E-state index contributed by atoms with van der Waals surface area (Å²) in [6.45, 7) is 4.36. The van der Waals surface area contributed by atoms with Crippen LogP contribution in [0, 0.1) is 0 Å². The zero-order valence-corrected chi connectivity index (χ0v) is 16.2. The quantitative estimate of drug-likeness (QED) is 0.779. The maximum absolute atomic E-state index is 12.9. The Morgan fingerprint density at radius 3 is 2.24 bits per heavy atom. The molecule has 0 aliphatic carbocycles. The van der Waals surface area contributed by atoms with Gasteiger partial charge in [0.15, 0.2) is 0 Å². The lowest BCUT2D eigenvalue weighted by molar-refractivity contribution is 0.146. The van der Waals surface area contributed by atoms with Crippen molar-refractivity contribution in [2.45, 2.75) is 17.9 Å². The minimum Gasteiger partial charge on any atom is -0.294 e. The van der Waals surface area contributed by atoms with Gasteiger partial charge in [-0.3, -0.25) is 4.90 Å². The Bertz CT molecular complexity index is 835. The molecule has 2 aromatic carbocycles. The third-order valence-corrected chi connectivity index (χ3v) is 7.23. The molecular weight excluding hydrogens is 379 g/mol. The monoisotopic (exact) mass is 398 g/mol. The first-order valence-electron chi connectivity index (χ1n) is 8.14. The predicted molar refractivity (Wildman–Crippen MR) is 102 cm³/mol. The van der Waals surface area contributed by atoms with Crippen LogP contribution in [0.1, 0.15) is 18.5 Å². The highest BCUT2D eigenvalue weighted by Crippen LogP contribution is 2.29. The number of sulfonamides is 1. The van der Waals surface area contributed by atoms with Crippen LogP contribution in [0.5, 0.6) is 0 Å². The van der Waals surface area contributed by atoms with Gasteiger partial charge in [-0.25, -0.2) is 8.42 Å².